The number of carboxylic acid groups (broad SMARTS) is 1. The summed E-state index contributed by atoms with van der Waals surface area (Å²) in [5, 5.41) is 11.9. The number of nitrogens with zero attached hydrogens (tertiary/aromatic N) is 1. The number of likely N-dealkylation sites (tertiary alicyclic amines) is 1. The second-order valence-corrected chi connectivity index (χ2v) is 7.74. The number of hydrogen-bond acceptors (Lipinski definition) is 4. The highest BCUT2D eigenvalue weighted by molar-refractivity contribution is 5.76. The van der Waals surface area contributed by atoms with Crippen molar-refractivity contribution in [3.63, 3.8) is 0 Å². The molecule has 0 spiro atoms. The first-order valence-electron chi connectivity index (χ1n) is 8.36. The molecule has 0 aliphatic carbocycles. The van der Waals surface area contributed by atoms with Gasteiger partial charge >= 0.3 is 6.09 Å². The van der Waals surface area contributed by atoms with Crippen LogP contribution in [0.25, 0.3) is 0 Å². The quantitative estimate of drug-likeness (QED) is 0.851. The summed E-state index contributed by atoms with van der Waals surface area (Å²) in [5.41, 5.74) is 0.399. The van der Waals surface area contributed by atoms with Gasteiger partial charge in [0.1, 0.15) is 5.60 Å². The maximum atomic E-state index is 12.3. The lowest BCUT2D eigenvalue weighted by Gasteiger charge is -2.43. The van der Waals surface area contributed by atoms with E-state index in [-0.39, 0.29) is 6.54 Å². The fraction of sp³-hybridized carbons (Fsp3) is 0.579. The van der Waals surface area contributed by atoms with Gasteiger partial charge in [-0.2, -0.15) is 0 Å². The smallest absolute Gasteiger partial charge is 0.410 e. The standard InChI is InChI=1S/C19H27NO4/c1-14-6-8-15(9-7-14)12-19(16(21)22)10-5-11-20(13-19)17(23)24-18(2,3)4/h6-9H,5,10-13H2,1-4H3,(H,21,22)/p-1/t19-/m1/s1. The molecule has 1 aromatic carbocycles. The molecule has 5 heteroatoms. The van der Waals surface area contributed by atoms with Crippen LogP contribution in [0.5, 0.6) is 0 Å². The van der Waals surface area contributed by atoms with Crippen LogP contribution in [0.3, 0.4) is 0 Å². The van der Waals surface area contributed by atoms with Gasteiger partial charge in [-0.25, -0.2) is 4.79 Å². The molecular formula is C19H26NO4-. The Kier molecular flexibility index (Phi) is 5.21. The third-order valence-electron chi connectivity index (χ3n) is 4.32. The Labute approximate surface area is 143 Å². The van der Waals surface area contributed by atoms with Crippen molar-refractivity contribution in [1.82, 2.24) is 4.90 Å². The van der Waals surface area contributed by atoms with Gasteiger partial charge in [-0.15, -0.1) is 0 Å². The van der Waals surface area contributed by atoms with Crippen molar-refractivity contribution in [1.29, 1.82) is 0 Å². The van der Waals surface area contributed by atoms with Gasteiger partial charge in [0.05, 0.1) is 0 Å². The minimum Gasteiger partial charge on any atom is -0.549 e. The summed E-state index contributed by atoms with van der Waals surface area (Å²) >= 11 is 0. The van der Waals surface area contributed by atoms with Crippen LogP contribution >= 0.6 is 0 Å². The van der Waals surface area contributed by atoms with Crippen LogP contribution in [0.1, 0.15) is 44.7 Å². The van der Waals surface area contributed by atoms with Crippen LogP contribution in [0, 0.1) is 12.3 Å². The third-order valence-corrected chi connectivity index (χ3v) is 4.32. The lowest BCUT2D eigenvalue weighted by molar-refractivity contribution is -0.321. The lowest BCUT2D eigenvalue weighted by Crippen LogP contribution is -2.56. The fourth-order valence-corrected chi connectivity index (χ4v) is 3.09. The van der Waals surface area contributed by atoms with E-state index in [0.717, 1.165) is 11.1 Å². The Morgan fingerprint density at radius 3 is 2.42 bits per heavy atom. The van der Waals surface area contributed by atoms with E-state index in [0.29, 0.717) is 25.8 Å². The number of carbonyl (C=O) groups is 2. The highest BCUT2D eigenvalue weighted by atomic mass is 16.6. The van der Waals surface area contributed by atoms with E-state index < -0.39 is 23.1 Å². The van der Waals surface area contributed by atoms with E-state index in [9.17, 15) is 14.7 Å². The number of aliphatic carboxylic acids is 1. The molecular weight excluding hydrogens is 306 g/mol. The summed E-state index contributed by atoms with van der Waals surface area (Å²) < 4.78 is 5.39. The molecule has 2 rings (SSSR count). The molecule has 1 aliphatic rings. The number of hydrogen-bond donors (Lipinski definition) is 0. The molecule has 0 bridgehead atoms. The molecule has 0 N–H and O–H groups in total. The topological polar surface area (TPSA) is 69.7 Å². The van der Waals surface area contributed by atoms with Gasteiger partial charge in [-0.1, -0.05) is 29.8 Å². The van der Waals surface area contributed by atoms with E-state index in [1.165, 1.54) is 4.90 Å². The summed E-state index contributed by atoms with van der Waals surface area (Å²) in [6.07, 6.45) is 1.02. The van der Waals surface area contributed by atoms with Crippen LogP contribution in [-0.4, -0.2) is 35.7 Å². The van der Waals surface area contributed by atoms with E-state index in [4.69, 9.17) is 4.74 Å². The summed E-state index contributed by atoms with van der Waals surface area (Å²) in [6.45, 7) is 8.02. The van der Waals surface area contributed by atoms with E-state index >= 15 is 0 Å². The predicted octanol–water partition coefficient (Wildman–Crippen LogP) is 2.30. The van der Waals surface area contributed by atoms with E-state index in [2.05, 4.69) is 0 Å². The summed E-state index contributed by atoms with van der Waals surface area (Å²) in [7, 11) is 0. The van der Waals surface area contributed by atoms with Crippen LogP contribution in [0.15, 0.2) is 24.3 Å². The zero-order valence-electron chi connectivity index (χ0n) is 14.9. The molecule has 0 aromatic heterocycles. The van der Waals surface area contributed by atoms with Gasteiger partial charge in [0.2, 0.25) is 0 Å². The Bertz CT molecular complexity index is 603. The normalized spacial score (nSPS) is 21.4. The number of carbonyl (C=O) groups excluding carboxylic acids is 2. The Balaban J connectivity index is 2.18. The second kappa shape index (κ2) is 6.83. The highest BCUT2D eigenvalue weighted by Crippen LogP contribution is 2.34. The first-order valence-corrected chi connectivity index (χ1v) is 8.36. The molecule has 1 fully saturated rings. The maximum Gasteiger partial charge on any atom is 0.410 e. The number of carboxylic acids is 1. The minimum absolute atomic E-state index is 0.123. The Morgan fingerprint density at radius 2 is 1.88 bits per heavy atom. The molecule has 24 heavy (non-hydrogen) atoms. The largest absolute Gasteiger partial charge is 0.549 e. The maximum absolute atomic E-state index is 12.3. The molecule has 0 unspecified atom stereocenters. The molecule has 132 valence electrons. The first kappa shape index (κ1) is 18.3. The van der Waals surface area contributed by atoms with Crippen molar-refractivity contribution in [2.45, 2.75) is 52.6 Å². The average Bonchev–Trinajstić information content (AvgIpc) is 2.48. The third kappa shape index (κ3) is 4.49. The molecule has 5 nitrogen and oxygen atoms in total. The van der Waals surface area contributed by atoms with Gasteiger partial charge in [-0.05, 0) is 52.5 Å². The molecule has 0 radical (unpaired) electrons. The minimum atomic E-state index is -1.10. The van der Waals surface area contributed by atoms with E-state index in [1.807, 2.05) is 31.2 Å². The van der Waals surface area contributed by atoms with E-state index in [1.54, 1.807) is 20.8 Å². The highest BCUT2D eigenvalue weighted by Gasteiger charge is 2.39. The zero-order valence-corrected chi connectivity index (χ0v) is 14.9. The van der Waals surface area contributed by atoms with Gasteiger partial charge in [0.25, 0.3) is 0 Å². The number of rotatable bonds is 3. The second-order valence-electron chi connectivity index (χ2n) is 7.74. The van der Waals surface area contributed by atoms with Gasteiger partial charge in [-0.3, -0.25) is 0 Å². The summed E-state index contributed by atoms with van der Waals surface area (Å²) in [5.74, 6) is -1.10. The van der Waals surface area contributed by atoms with Crippen LogP contribution in [0.2, 0.25) is 0 Å². The van der Waals surface area contributed by atoms with Gasteiger partial charge in [0, 0.05) is 24.5 Å². The lowest BCUT2D eigenvalue weighted by atomic mass is 9.75. The number of aryl methyl sites for hydroxylation is 1. The Hall–Kier alpha value is -2.04. The van der Waals surface area contributed by atoms with Crippen LogP contribution in [0.4, 0.5) is 4.79 Å². The molecule has 1 atom stereocenters. The van der Waals surface area contributed by atoms with Crippen molar-refractivity contribution >= 4 is 12.1 Å². The van der Waals surface area contributed by atoms with Crippen molar-refractivity contribution in [2.75, 3.05) is 13.1 Å². The van der Waals surface area contributed by atoms with Crippen LogP contribution in [-0.2, 0) is 16.0 Å². The van der Waals surface area contributed by atoms with Crippen molar-refractivity contribution in [2.24, 2.45) is 5.41 Å². The number of ether oxygens (including phenoxy) is 1. The fourth-order valence-electron chi connectivity index (χ4n) is 3.09. The van der Waals surface area contributed by atoms with Crippen molar-refractivity contribution in [3.8, 4) is 0 Å². The molecule has 1 aliphatic heterocycles. The average molecular weight is 332 g/mol. The monoisotopic (exact) mass is 332 g/mol. The summed E-state index contributed by atoms with van der Waals surface area (Å²) in [6, 6.07) is 7.80. The predicted molar refractivity (Wildman–Crippen MR) is 89.4 cm³/mol. The van der Waals surface area contributed by atoms with Gasteiger partial charge in [0.15, 0.2) is 0 Å². The number of benzene rings is 1. The van der Waals surface area contributed by atoms with Crippen molar-refractivity contribution < 1.29 is 19.4 Å². The molecule has 0 saturated carbocycles. The molecule has 1 aromatic rings. The SMILES string of the molecule is Cc1ccc(C[C@]2(C(=O)[O-])CCCN(C(=O)OC(C)(C)C)C2)cc1. The van der Waals surface area contributed by atoms with Crippen molar-refractivity contribution in [3.05, 3.63) is 35.4 Å². The van der Waals surface area contributed by atoms with Gasteiger partial charge < -0.3 is 19.5 Å². The number of piperidine rings is 1. The number of amides is 1. The summed E-state index contributed by atoms with van der Waals surface area (Å²) in [4.78, 5) is 25.7. The van der Waals surface area contributed by atoms with Crippen LogP contribution < -0.4 is 5.11 Å². The molecule has 1 amide bonds. The zero-order chi connectivity index (χ0) is 18.0. The molecule has 1 heterocycles. The Morgan fingerprint density at radius 1 is 1.25 bits per heavy atom. The first-order chi connectivity index (χ1) is 11.1. The molecule has 1 saturated heterocycles.